The molecule has 0 aliphatic carbocycles. The van der Waals surface area contributed by atoms with Crippen LogP contribution >= 0.6 is 23.4 Å². The lowest BCUT2D eigenvalue weighted by Crippen LogP contribution is -2.33. The lowest BCUT2D eigenvalue weighted by molar-refractivity contribution is -0.140. The van der Waals surface area contributed by atoms with Gasteiger partial charge in [0.05, 0.1) is 16.0 Å². The molecule has 24 heavy (non-hydrogen) atoms. The van der Waals surface area contributed by atoms with Gasteiger partial charge in [0.25, 0.3) is 11.1 Å². The number of carboxylic acids is 1. The van der Waals surface area contributed by atoms with Crippen LogP contribution in [0.5, 0.6) is 5.75 Å². The molecular formula is C16H16ClNO5S. The van der Waals surface area contributed by atoms with E-state index in [-0.39, 0.29) is 11.0 Å². The number of carbonyl (C=O) groups excluding carboxylic acids is 2. The largest absolute Gasteiger partial charge is 0.489 e. The van der Waals surface area contributed by atoms with Gasteiger partial charge in [-0.15, -0.1) is 0 Å². The molecule has 1 heterocycles. The topological polar surface area (TPSA) is 83.9 Å². The zero-order chi connectivity index (χ0) is 17.9. The molecule has 0 radical (unpaired) electrons. The molecule has 1 aromatic rings. The van der Waals surface area contributed by atoms with Gasteiger partial charge in [-0.05, 0) is 48.9 Å². The number of carboxylic acid groups (broad SMARTS) is 1. The van der Waals surface area contributed by atoms with Gasteiger partial charge in [-0.1, -0.05) is 24.6 Å². The van der Waals surface area contributed by atoms with E-state index in [9.17, 15) is 14.4 Å². The Morgan fingerprint density at radius 2 is 2.17 bits per heavy atom. The molecule has 1 atom stereocenters. The van der Waals surface area contributed by atoms with Gasteiger partial charge < -0.3 is 9.84 Å². The van der Waals surface area contributed by atoms with Gasteiger partial charge in [-0.3, -0.25) is 19.3 Å². The predicted octanol–water partition coefficient (Wildman–Crippen LogP) is 3.64. The highest BCUT2D eigenvalue weighted by molar-refractivity contribution is 8.18. The molecule has 2 rings (SSSR count). The first kappa shape index (κ1) is 18.4. The Bertz CT molecular complexity index is 718. The number of halogens is 1. The summed E-state index contributed by atoms with van der Waals surface area (Å²) in [6, 6.07) is 5.04. The highest BCUT2D eigenvalue weighted by atomic mass is 35.5. The summed E-state index contributed by atoms with van der Waals surface area (Å²) in [4.78, 5) is 35.4. The van der Waals surface area contributed by atoms with Crippen LogP contribution in [0.2, 0.25) is 5.02 Å². The van der Waals surface area contributed by atoms with Crippen molar-refractivity contribution in [2.75, 3.05) is 6.54 Å². The SMILES string of the molecule is CC[C@@H](C)Oc1ccc(/C=C2\SC(=O)N(CC(=O)O)C2=O)cc1Cl. The molecule has 8 heteroatoms. The van der Waals surface area contributed by atoms with Crippen LogP contribution in [0.25, 0.3) is 6.08 Å². The molecule has 0 saturated carbocycles. The second-order valence-corrected chi connectivity index (χ2v) is 6.59. The Hall–Kier alpha value is -1.99. The van der Waals surface area contributed by atoms with Crippen LogP contribution < -0.4 is 4.74 Å². The normalized spacial score (nSPS) is 17.5. The fraction of sp³-hybridized carbons (Fsp3) is 0.312. The summed E-state index contributed by atoms with van der Waals surface area (Å²) in [5.74, 6) is -1.32. The summed E-state index contributed by atoms with van der Waals surface area (Å²) in [5, 5.41) is 8.53. The van der Waals surface area contributed by atoms with E-state index in [2.05, 4.69) is 0 Å². The van der Waals surface area contributed by atoms with E-state index in [0.29, 0.717) is 33.0 Å². The maximum Gasteiger partial charge on any atom is 0.323 e. The van der Waals surface area contributed by atoms with E-state index in [4.69, 9.17) is 21.4 Å². The maximum atomic E-state index is 12.1. The van der Waals surface area contributed by atoms with Crippen LogP contribution in [-0.4, -0.2) is 39.8 Å². The van der Waals surface area contributed by atoms with Crippen molar-refractivity contribution in [1.29, 1.82) is 0 Å². The Morgan fingerprint density at radius 1 is 1.46 bits per heavy atom. The minimum absolute atomic E-state index is 0.0286. The molecule has 1 fully saturated rings. The first-order valence-electron chi connectivity index (χ1n) is 7.25. The Labute approximate surface area is 148 Å². The van der Waals surface area contributed by atoms with Crippen molar-refractivity contribution in [3.63, 3.8) is 0 Å². The van der Waals surface area contributed by atoms with Crippen molar-refractivity contribution in [1.82, 2.24) is 4.90 Å². The zero-order valence-corrected chi connectivity index (χ0v) is 14.7. The molecule has 0 spiro atoms. The molecule has 1 saturated heterocycles. The molecule has 128 valence electrons. The first-order chi connectivity index (χ1) is 11.3. The standard InChI is InChI=1S/C16H16ClNO5S/c1-3-9(2)23-12-5-4-10(6-11(12)17)7-13-15(21)18(8-14(19)20)16(22)24-13/h4-7,9H,3,8H2,1-2H3,(H,19,20)/b13-7-/t9-/m1/s1. The fourth-order valence-electron chi connectivity index (χ4n) is 1.93. The number of rotatable bonds is 6. The van der Waals surface area contributed by atoms with Crippen molar-refractivity contribution in [3.05, 3.63) is 33.7 Å². The lowest BCUT2D eigenvalue weighted by atomic mass is 10.2. The third-order valence-electron chi connectivity index (χ3n) is 3.32. The van der Waals surface area contributed by atoms with Crippen molar-refractivity contribution < 1.29 is 24.2 Å². The Balaban J connectivity index is 2.19. The number of aliphatic carboxylic acids is 1. The lowest BCUT2D eigenvalue weighted by Gasteiger charge is -2.14. The number of thioether (sulfide) groups is 1. The van der Waals surface area contributed by atoms with E-state index >= 15 is 0 Å². The molecule has 1 aliphatic rings. The molecule has 0 unspecified atom stereocenters. The maximum absolute atomic E-state index is 12.1. The molecule has 0 aromatic heterocycles. The number of ether oxygens (including phenoxy) is 1. The smallest absolute Gasteiger partial charge is 0.323 e. The molecule has 0 bridgehead atoms. The number of nitrogens with zero attached hydrogens (tertiary/aromatic N) is 1. The van der Waals surface area contributed by atoms with Crippen LogP contribution in [0.1, 0.15) is 25.8 Å². The zero-order valence-electron chi connectivity index (χ0n) is 13.1. The van der Waals surface area contributed by atoms with Crippen LogP contribution in [0.15, 0.2) is 23.1 Å². The van der Waals surface area contributed by atoms with Crippen LogP contribution in [0.4, 0.5) is 4.79 Å². The van der Waals surface area contributed by atoms with Crippen LogP contribution in [0, 0.1) is 0 Å². The predicted molar refractivity (Wildman–Crippen MR) is 92.1 cm³/mol. The van der Waals surface area contributed by atoms with Crippen molar-refractivity contribution in [3.8, 4) is 5.75 Å². The quantitative estimate of drug-likeness (QED) is 0.771. The van der Waals surface area contributed by atoms with E-state index in [0.717, 1.165) is 6.42 Å². The van der Waals surface area contributed by atoms with Gasteiger partial charge in [0.1, 0.15) is 12.3 Å². The highest BCUT2D eigenvalue weighted by Gasteiger charge is 2.36. The van der Waals surface area contributed by atoms with Crippen molar-refractivity contribution in [2.45, 2.75) is 26.4 Å². The Kier molecular flexibility index (Phi) is 5.90. The van der Waals surface area contributed by atoms with Gasteiger partial charge in [0, 0.05) is 0 Å². The molecular weight excluding hydrogens is 354 g/mol. The number of benzene rings is 1. The number of hydrogen-bond donors (Lipinski definition) is 1. The third-order valence-corrected chi connectivity index (χ3v) is 4.53. The molecule has 1 aromatic carbocycles. The minimum Gasteiger partial charge on any atom is -0.489 e. The van der Waals surface area contributed by atoms with Gasteiger partial charge >= 0.3 is 5.97 Å². The first-order valence-corrected chi connectivity index (χ1v) is 8.44. The average molecular weight is 370 g/mol. The summed E-state index contributed by atoms with van der Waals surface area (Å²) in [6.45, 7) is 3.29. The summed E-state index contributed by atoms with van der Waals surface area (Å²) >= 11 is 6.88. The molecule has 1 N–H and O–H groups in total. The summed E-state index contributed by atoms with van der Waals surface area (Å²) in [5.41, 5.74) is 0.623. The van der Waals surface area contributed by atoms with Crippen molar-refractivity contribution in [2.24, 2.45) is 0 Å². The molecule has 2 amide bonds. The van der Waals surface area contributed by atoms with Gasteiger partial charge in [-0.2, -0.15) is 0 Å². The fourth-order valence-corrected chi connectivity index (χ4v) is 3.00. The molecule has 1 aliphatic heterocycles. The van der Waals surface area contributed by atoms with E-state index in [1.807, 2.05) is 13.8 Å². The van der Waals surface area contributed by atoms with E-state index < -0.39 is 23.7 Å². The summed E-state index contributed by atoms with van der Waals surface area (Å²) < 4.78 is 5.67. The monoisotopic (exact) mass is 369 g/mol. The van der Waals surface area contributed by atoms with Gasteiger partial charge in [0.15, 0.2) is 0 Å². The van der Waals surface area contributed by atoms with Crippen LogP contribution in [0.3, 0.4) is 0 Å². The number of imide groups is 1. The molecule has 6 nitrogen and oxygen atoms in total. The van der Waals surface area contributed by atoms with Gasteiger partial charge in [0.2, 0.25) is 0 Å². The van der Waals surface area contributed by atoms with E-state index in [1.165, 1.54) is 6.08 Å². The van der Waals surface area contributed by atoms with Crippen LogP contribution in [-0.2, 0) is 9.59 Å². The van der Waals surface area contributed by atoms with Crippen molar-refractivity contribution >= 4 is 46.6 Å². The summed E-state index contributed by atoms with van der Waals surface area (Å²) in [7, 11) is 0. The third kappa shape index (κ3) is 4.30. The number of carbonyl (C=O) groups is 3. The van der Waals surface area contributed by atoms with E-state index in [1.54, 1.807) is 18.2 Å². The number of hydrogen-bond acceptors (Lipinski definition) is 5. The highest BCUT2D eigenvalue weighted by Crippen LogP contribution is 2.33. The Morgan fingerprint density at radius 3 is 2.75 bits per heavy atom. The van der Waals surface area contributed by atoms with Gasteiger partial charge in [-0.25, -0.2) is 0 Å². The second-order valence-electron chi connectivity index (χ2n) is 5.19. The number of amides is 2. The minimum atomic E-state index is -1.24. The summed E-state index contributed by atoms with van der Waals surface area (Å²) in [6.07, 6.45) is 2.38. The average Bonchev–Trinajstić information content (AvgIpc) is 2.77. The second kappa shape index (κ2) is 7.72.